The Hall–Kier alpha value is -2.96. The van der Waals surface area contributed by atoms with E-state index in [0.29, 0.717) is 17.3 Å². The van der Waals surface area contributed by atoms with Crippen molar-refractivity contribution in [1.82, 2.24) is 25.1 Å². The van der Waals surface area contributed by atoms with Crippen LogP contribution in [0.1, 0.15) is 0 Å². The lowest BCUT2D eigenvalue weighted by Crippen LogP contribution is -2.33. The Balaban J connectivity index is 2.00. The molecule has 0 saturated carbocycles. The predicted octanol–water partition coefficient (Wildman–Crippen LogP) is 0.973. The number of carbonyl (C=O) groups excluding carboxylic acids is 1. The average Bonchev–Trinajstić information content (AvgIpc) is 2.98. The van der Waals surface area contributed by atoms with Gasteiger partial charge in [0.05, 0.1) is 6.54 Å². The number of rotatable bonds is 4. The molecule has 0 saturated heterocycles. The fourth-order valence-electron chi connectivity index (χ4n) is 2.13. The second kappa shape index (κ2) is 5.80. The lowest BCUT2D eigenvalue weighted by Gasteiger charge is -2.16. The Labute approximate surface area is 127 Å². The minimum atomic E-state index is -0.0727. The summed E-state index contributed by atoms with van der Waals surface area (Å²) >= 11 is 0. The summed E-state index contributed by atoms with van der Waals surface area (Å²) in [4.78, 5) is 13.3. The molecule has 112 valence electrons. The van der Waals surface area contributed by atoms with Crippen LogP contribution < -0.4 is 10.2 Å². The van der Waals surface area contributed by atoms with Gasteiger partial charge in [0.25, 0.3) is 0 Å². The molecule has 0 spiro atoms. The van der Waals surface area contributed by atoms with Gasteiger partial charge in [0.15, 0.2) is 11.5 Å². The molecule has 0 bridgehead atoms. The molecule has 2 heterocycles. The third-order valence-electron chi connectivity index (χ3n) is 3.33. The molecular formula is C15H16N6O. The first-order valence-electron chi connectivity index (χ1n) is 6.88. The second-order valence-corrected chi connectivity index (χ2v) is 4.88. The Morgan fingerprint density at radius 2 is 1.95 bits per heavy atom. The topological polar surface area (TPSA) is 75.4 Å². The fourth-order valence-corrected chi connectivity index (χ4v) is 2.13. The maximum absolute atomic E-state index is 11.5. The highest BCUT2D eigenvalue weighted by Crippen LogP contribution is 2.18. The van der Waals surface area contributed by atoms with Gasteiger partial charge in [-0.05, 0) is 12.1 Å². The Morgan fingerprint density at radius 3 is 2.68 bits per heavy atom. The first-order valence-corrected chi connectivity index (χ1v) is 6.88. The summed E-state index contributed by atoms with van der Waals surface area (Å²) in [5.74, 6) is 1.27. The van der Waals surface area contributed by atoms with Gasteiger partial charge in [0.2, 0.25) is 5.91 Å². The summed E-state index contributed by atoms with van der Waals surface area (Å²) in [7, 11) is 3.43. The van der Waals surface area contributed by atoms with Crippen LogP contribution in [-0.2, 0) is 4.79 Å². The van der Waals surface area contributed by atoms with E-state index in [1.165, 1.54) is 0 Å². The molecule has 0 aliphatic rings. The smallest absolute Gasteiger partial charge is 0.239 e. The van der Waals surface area contributed by atoms with Crippen LogP contribution in [0.3, 0.4) is 0 Å². The minimum Gasteiger partial charge on any atom is -0.358 e. The number of carbonyl (C=O) groups is 1. The van der Waals surface area contributed by atoms with Crippen molar-refractivity contribution in [3.05, 3.63) is 42.5 Å². The summed E-state index contributed by atoms with van der Waals surface area (Å²) in [5.41, 5.74) is 1.60. The van der Waals surface area contributed by atoms with Gasteiger partial charge in [-0.15, -0.1) is 15.3 Å². The zero-order valence-electron chi connectivity index (χ0n) is 12.4. The number of fused-ring (bicyclic) bond motifs is 1. The van der Waals surface area contributed by atoms with Crippen LogP contribution in [-0.4, -0.2) is 46.4 Å². The van der Waals surface area contributed by atoms with E-state index in [9.17, 15) is 4.79 Å². The molecule has 3 aromatic rings. The number of nitrogens with zero attached hydrogens (tertiary/aromatic N) is 5. The van der Waals surface area contributed by atoms with Gasteiger partial charge in [-0.25, -0.2) is 0 Å². The van der Waals surface area contributed by atoms with Crippen LogP contribution in [0, 0.1) is 0 Å². The molecule has 1 amide bonds. The molecule has 7 heteroatoms. The molecule has 0 fully saturated rings. The molecule has 2 aromatic heterocycles. The molecule has 0 aliphatic heterocycles. The lowest BCUT2D eigenvalue weighted by atomic mass is 10.2. The first kappa shape index (κ1) is 14.0. The van der Waals surface area contributed by atoms with Gasteiger partial charge in [0, 0.05) is 19.7 Å². The van der Waals surface area contributed by atoms with Crippen LogP contribution >= 0.6 is 0 Å². The van der Waals surface area contributed by atoms with Gasteiger partial charge in [-0.2, -0.15) is 4.52 Å². The lowest BCUT2D eigenvalue weighted by molar-refractivity contribution is -0.119. The number of aromatic nitrogens is 4. The number of benzene rings is 1. The van der Waals surface area contributed by atoms with E-state index in [2.05, 4.69) is 20.6 Å². The monoisotopic (exact) mass is 296 g/mol. The van der Waals surface area contributed by atoms with Crippen LogP contribution in [0.25, 0.3) is 17.0 Å². The molecule has 0 radical (unpaired) electrons. The van der Waals surface area contributed by atoms with E-state index in [0.717, 1.165) is 5.56 Å². The summed E-state index contributed by atoms with van der Waals surface area (Å²) < 4.78 is 1.69. The maximum Gasteiger partial charge on any atom is 0.239 e. The standard InChI is InChI=1S/C15H16N6O/c1-16-14(22)10-20(2)13-9-8-12-17-18-15(21(12)19-13)11-6-4-3-5-7-11/h3-9H,10H2,1-2H3,(H,16,22). The van der Waals surface area contributed by atoms with E-state index in [1.54, 1.807) is 16.5 Å². The van der Waals surface area contributed by atoms with Crippen LogP contribution in [0.5, 0.6) is 0 Å². The normalized spacial score (nSPS) is 10.6. The van der Waals surface area contributed by atoms with Crippen molar-refractivity contribution in [1.29, 1.82) is 0 Å². The van der Waals surface area contributed by atoms with E-state index in [4.69, 9.17) is 0 Å². The molecule has 22 heavy (non-hydrogen) atoms. The molecule has 1 N–H and O–H groups in total. The van der Waals surface area contributed by atoms with Crippen molar-refractivity contribution in [3.63, 3.8) is 0 Å². The van der Waals surface area contributed by atoms with Gasteiger partial charge in [0.1, 0.15) is 5.82 Å². The number of amides is 1. The van der Waals surface area contributed by atoms with E-state index in [1.807, 2.05) is 49.5 Å². The summed E-state index contributed by atoms with van der Waals surface area (Å²) in [6, 6.07) is 13.4. The summed E-state index contributed by atoms with van der Waals surface area (Å²) in [6.45, 7) is 0.234. The zero-order valence-corrected chi connectivity index (χ0v) is 12.4. The minimum absolute atomic E-state index is 0.0727. The largest absolute Gasteiger partial charge is 0.358 e. The van der Waals surface area contributed by atoms with Crippen LogP contribution in [0.2, 0.25) is 0 Å². The van der Waals surface area contributed by atoms with Crippen molar-refractivity contribution < 1.29 is 4.79 Å². The van der Waals surface area contributed by atoms with Gasteiger partial charge in [-0.3, -0.25) is 4.79 Å². The average molecular weight is 296 g/mol. The van der Waals surface area contributed by atoms with E-state index in [-0.39, 0.29) is 12.5 Å². The number of nitrogens with one attached hydrogen (secondary N) is 1. The molecule has 0 atom stereocenters. The van der Waals surface area contributed by atoms with Crippen LogP contribution in [0.15, 0.2) is 42.5 Å². The van der Waals surface area contributed by atoms with E-state index < -0.39 is 0 Å². The molecule has 0 aliphatic carbocycles. The SMILES string of the molecule is CNC(=O)CN(C)c1ccc2nnc(-c3ccccc3)n2n1. The van der Waals surface area contributed by atoms with Crippen molar-refractivity contribution in [2.45, 2.75) is 0 Å². The molecule has 3 rings (SSSR count). The highest BCUT2D eigenvalue weighted by atomic mass is 16.1. The Morgan fingerprint density at radius 1 is 1.18 bits per heavy atom. The Kier molecular flexibility index (Phi) is 3.69. The highest BCUT2D eigenvalue weighted by Gasteiger charge is 2.12. The highest BCUT2D eigenvalue weighted by molar-refractivity contribution is 5.80. The molecule has 1 aromatic carbocycles. The van der Waals surface area contributed by atoms with Gasteiger partial charge >= 0.3 is 0 Å². The first-order chi connectivity index (χ1) is 10.7. The quantitative estimate of drug-likeness (QED) is 0.776. The molecular weight excluding hydrogens is 280 g/mol. The maximum atomic E-state index is 11.5. The van der Waals surface area contributed by atoms with Gasteiger partial charge in [-0.1, -0.05) is 30.3 Å². The second-order valence-electron chi connectivity index (χ2n) is 4.88. The molecule has 0 unspecified atom stereocenters. The number of hydrogen-bond acceptors (Lipinski definition) is 5. The van der Waals surface area contributed by atoms with Crippen molar-refractivity contribution in [2.75, 3.05) is 25.5 Å². The predicted molar refractivity (Wildman–Crippen MR) is 83.6 cm³/mol. The third kappa shape index (κ3) is 2.60. The van der Waals surface area contributed by atoms with Crippen molar-refractivity contribution in [2.24, 2.45) is 0 Å². The molecule has 7 nitrogen and oxygen atoms in total. The van der Waals surface area contributed by atoms with Crippen LogP contribution in [0.4, 0.5) is 5.82 Å². The number of anilines is 1. The zero-order chi connectivity index (χ0) is 15.5. The summed E-state index contributed by atoms with van der Waals surface area (Å²) in [6.07, 6.45) is 0. The van der Waals surface area contributed by atoms with E-state index >= 15 is 0 Å². The van der Waals surface area contributed by atoms with Gasteiger partial charge < -0.3 is 10.2 Å². The Bertz CT molecular complexity index is 798. The van der Waals surface area contributed by atoms with Crippen molar-refractivity contribution in [3.8, 4) is 11.4 Å². The van der Waals surface area contributed by atoms with Crippen molar-refractivity contribution >= 4 is 17.4 Å². The number of hydrogen-bond donors (Lipinski definition) is 1. The summed E-state index contributed by atoms with van der Waals surface area (Å²) in [5, 5.41) is 15.5. The number of likely N-dealkylation sites (N-methyl/N-ethyl adjacent to an activating group) is 2. The third-order valence-corrected chi connectivity index (χ3v) is 3.33. The fraction of sp³-hybridized carbons (Fsp3) is 0.200.